The van der Waals surface area contributed by atoms with Gasteiger partial charge in [-0.15, -0.1) is 0 Å². The van der Waals surface area contributed by atoms with Crippen LogP contribution < -0.4 is 0 Å². The number of alkyl halides is 3. The number of rotatable bonds is 4. The Labute approximate surface area is 120 Å². The molecule has 5 nitrogen and oxygen atoms in total. The third-order valence-electron chi connectivity index (χ3n) is 4.03. The molecule has 21 heavy (non-hydrogen) atoms. The number of carboxylic acids is 1. The molecule has 0 aromatic rings. The van der Waals surface area contributed by atoms with Crippen LogP contribution in [0.1, 0.15) is 32.1 Å². The number of piperidine rings is 1. The summed E-state index contributed by atoms with van der Waals surface area (Å²) in [5, 5.41) is 8.70. The molecule has 1 aliphatic heterocycles. The molecule has 0 spiro atoms. The summed E-state index contributed by atoms with van der Waals surface area (Å²) in [6.07, 6.45) is -2.82. The van der Waals surface area contributed by atoms with Gasteiger partial charge in [0.15, 0.2) is 0 Å². The lowest BCUT2D eigenvalue weighted by Crippen LogP contribution is -2.49. The second-order valence-corrected chi connectivity index (χ2v) is 5.65. The number of nitrogens with zero attached hydrogens (tertiary/aromatic N) is 2. The lowest BCUT2D eigenvalue weighted by Gasteiger charge is -2.36. The summed E-state index contributed by atoms with van der Waals surface area (Å²) in [7, 11) is 0. The van der Waals surface area contributed by atoms with Gasteiger partial charge >= 0.3 is 18.2 Å². The summed E-state index contributed by atoms with van der Waals surface area (Å²) < 4.78 is 37.8. The van der Waals surface area contributed by atoms with Crippen molar-refractivity contribution in [1.29, 1.82) is 0 Å². The molecule has 0 aromatic carbocycles. The maximum atomic E-state index is 12.6. The van der Waals surface area contributed by atoms with E-state index in [0.717, 1.165) is 12.8 Å². The highest BCUT2D eigenvalue weighted by atomic mass is 19.4. The first-order valence-corrected chi connectivity index (χ1v) is 7.13. The van der Waals surface area contributed by atoms with E-state index in [2.05, 4.69) is 0 Å². The minimum Gasteiger partial charge on any atom is -0.481 e. The highest BCUT2D eigenvalue weighted by Crippen LogP contribution is 2.35. The summed E-state index contributed by atoms with van der Waals surface area (Å²) >= 11 is 0. The standard InChI is InChI=1S/C13H19F3N2O3/c14-13(15,16)9-3-6-17(7-4-9)12(21)18(10-1-2-10)8-5-11(19)20/h9-10H,1-8H2,(H,19,20). The molecule has 0 unspecified atom stereocenters. The molecule has 0 radical (unpaired) electrons. The predicted octanol–water partition coefficient (Wildman–Crippen LogP) is 2.32. The average Bonchev–Trinajstić information content (AvgIpc) is 3.22. The number of urea groups is 1. The Morgan fingerprint density at radius 3 is 2.14 bits per heavy atom. The van der Waals surface area contributed by atoms with E-state index >= 15 is 0 Å². The largest absolute Gasteiger partial charge is 0.481 e. The van der Waals surface area contributed by atoms with Crippen molar-refractivity contribution in [1.82, 2.24) is 9.80 Å². The van der Waals surface area contributed by atoms with E-state index in [1.807, 2.05) is 0 Å². The number of aliphatic carboxylic acids is 1. The van der Waals surface area contributed by atoms with Crippen molar-refractivity contribution in [2.45, 2.75) is 44.3 Å². The van der Waals surface area contributed by atoms with E-state index in [1.54, 1.807) is 0 Å². The molecule has 1 N–H and O–H groups in total. The Balaban J connectivity index is 1.88. The number of carbonyl (C=O) groups is 2. The zero-order valence-corrected chi connectivity index (χ0v) is 11.6. The van der Waals surface area contributed by atoms with E-state index in [1.165, 1.54) is 9.80 Å². The highest BCUT2D eigenvalue weighted by molar-refractivity contribution is 5.76. The minimum atomic E-state index is -4.20. The van der Waals surface area contributed by atoms with Gasteiger partial charge in [0, 0.05) is 25.7 Å². The number of likely N-dealkylation sites (tertiary alicyclic amines) is 1. The van der Waals surface area contributed by atoms with Crippen molar-refractivity contribution in [3.8, 4) is 0 Å². The molecular weight excluding hydrogens is 289 g/mol. The third kappa shape index (κ3) is 4.25. The van der Waals surface area contributed by atoms with Crippen LogP contribution in [0.5, 0.6) is 0 Å². The van der Waals surface area contributed by atoms with Crippen molar-refractivity contribution >= 4 is 12.0 Å². The third-order valence-corrected chi connectivity index (χ3v) is 4.03. The smallest absolute Gasteiger partial charge is 0.391 e. The molecular formula is C13H19F3N2O3. The molecule has 1 aliphatic carbocycles. The predicted molar refractivity (Wildman–Crippen MR) is 67.7 cm³/mol. The summed E-state index contributed by atoms with van der Waals surface area (Å²) in [6, 6.07) is -0.267. The molecule has 0 bridgehead atoms. The topological polar surface area (TPSA) is 60.9 Å². The van der Waals surface area contributed by atoms with Gasteiger partial charge in [-0.25, -0.2) is 4.79 Å². The van der Waals surface area contributed by atoms with E-state index in [-0.39, 0.29) is 51.0 Å². The van der Waals surface area contributed by atoms with Gasteiger partial charge in [0.25, 0.3) is 0 Å². The Hall–Kier alpha value is -1.47. The summed E-state index contributed by atoms with van der Waals surface area (Å²) in [4.78, 5) is 25.9. The second kappa shape index (κ2) is 6.11. The first-order valence-electron chi connectivity index (χ1n) is 7.13. The Bertz CT molecular complexity index is 402. The number of hydrogen-bond donors (Lipinski definition) is 1. The Morgan fingerprint density at radius 2 is 1.71 bits per heavy atom. The van der Waals surface area contributed by atoms with Crippen LogP contribution >= 0.6 is 0 Å². The fourth-order valence-electron chi connectivity index (χ4n) is 2.62. The van der Waals surface area contributed by atoms with Crippen LogP contribution in [0.15, 0.2) is 0 Å². The lowest BCUT2D eigenvalue weighted by molar-refractivity contribution is -0.183. The van der Waals surface area contributed by atoms with E-state index in [9.17, 15) is 22.8 Å². The number of carboxylic acid groups (broad SMARTS) is 1. The molecule has 8 heteroatoms. The molecule has 2 rings (SSSR count). The van der Waals surface area contributed by atoms with Gasteiger partial charge < -0.3 is 14.9 Å². The maximum Gasteiger partial charge on any atom is 0.391 e. The van der Waals surface area contributed by atoms with E-state index in [4.69, 9.17) is 5.11 Å². The average molecular weight is 308 g/mol. The molecule has 1 saturated heterocycles. The van der Waals surface area contributed by atoms with Crippen LogP contribution in [0.4, 0.5) is 18.0 Å². The molecule has 1 saturated carbocycles. The van der Waals surface area contributed by atoms with E-state index in [0.29, 0.717) is 0 Å². The molecule has 2 fully saturated rings. The second-order valence-electron chi connectivity index (χ2n) is 5.65. The summed E-state index contributed by atoms with van der Waals surface area (Å²) in [5.41, 5.74) is 0. The Morgan fingerprint density at radius 1 is 1.14 bits per heavy atom. The summed E-state index contributed by atoms with van der Waals surface area (Å²) in [5.74, 6) is -2.32. The monoisotopic (exact) mass is 308 g/mol. The normalized spacial score (nSPS) is 20.4. The first-order chi connectivity index (χ1) is 9.79. The highest BCUT2D eigenvalue weighted by Gasteiger charge is 2.43. The molecule has 0 aromatic heterocycles. The number of halogens is 3. The van der Waals surface area contributed by atoms with Gasteiger partial charge in [-0.2, -0.15) is 13.2 Å². The van der Waals surface area contributed by atoms with Crippen LogP contribution in [0.25, 0.3) is 0 Å². The number of amides is 2. The summed E-state index contributed by atoms with van der Waals surface area (Å²) in [6.45, 7) is 0.288. The number of hydrogen-bond acceptors (Lipinski definition) is 2. The molecule has 0 atom stereocenters. The van der Waals surface area contributed by atoms with Gasteiger partial charge in [-0.05, 0) is 25.7 Å². The lowest BCUT2D eigenvalue weighted by atomic mass is 9.96. The zero-order chi connectivity index (χ0) is 15.6. The van der Waals surface area contributed by atoms with Gasteiger partial charge in [0.1, 0.15) is 0 Å². The quantitative estimate of drug-likeness (QED) is 0.867. The molecule has 2 aliphatic rings. The SMILES string of the molecule is O=C(O)CCN(C(=O)N1CCC(C(F)(F)F)CC1)C1CC1. The van der Waals surface area contributed by atoms with E-state index < -0.39 is 18.1 Å². The maximum absolute atomic E-state index is 12.6. The van der Waals surface area contributed by atoms with Crippen molar-refractivity contribution in [3.05, 3.63) is 0 Å². The van der Waals surface area contributed by atoms with Crippen LogP contribution in [0.3, 0.4) is 0 Å². The fourth-order valence-corrected chi connectivity index (χ4v) is 2.62. The Kier molecular flexibility index (Phi) is 4.63. The molecule has 1 heterocycles. The molecule has 120 valence electrons. The van der Waals surface area contributed by atoms with Crippen molar-refractivity contribution < 1.29 is 27.9 Å². The van der Waals surface area contributed by atoms with Crippen molar-refractivity contribution in [2.75, 3.05) is 19.6 Å². The van der Waals surface area contributed by atoms with Gasteiger partial charge in [0.2, 0.25) is 0 Å². The van der Waals surface area contributed by atoms with Crippen molar-refractivity contribution in [3.63, 3.8) is 0 Å². The molecule has 2 amide bonds. The minimum absolute atomic E-state index is 0.0530. The van der Waals surface area contributed by atoms with Crippen LogP contribution in [-0.2, 0) is 4.79 Å². The fraction of sp³-hybridized carbons (Fsp3) is 0.846. The van der Waals surface area contributed by atoms with Gasteiger partial charge in [-0.1, -0.05) is 0 Å². The van der Waals surface area contributed by atoms with Crippen LogP contribution in [-0.4, -0.2) is 58.8 Å². The van der Waals surface area contributed by atoms with Gasteiger partial charge in [0.05, 0.1) is 12.3 Å². The first kappa shape index (κ1) is 15.9. The van der Waals surface area contributed by atoms with Crippen LogP contribution in [0, 0.1) is 5.92 Å². The van der Waals surface area contributed by atoms with Crippen LogP contribution in [0.2, 0.25) is 0 Å². The van der Waals surface area contributed by atoms with Crippen molar-refractivity contribution in [2.24, 2.45) is 5.92 Å². The van der Waals surface area contributed by atoms with Gasteiger partial charge in [-0.3, -0.25) is 4.79 Å². The zero-order valence-electron chi connectivity index (χ0n) is 11.6. The number of carbonyl (C=O) groups excluding carboxylic acids is 1.